The van der Waals surface area contributed by atoms with Crippen molar-refractivity contribution in [2.45, 2.75) is 58.4 Å². The molecule has 0 aliphatic heterocycles. The predicted octanol–water partition coefficient (Wildman–Crippen LogP) is 8.75. The first-order chi connectivity index (χ1) is 21.1. The average molecular weight is 672 g/mol. The summed E-state index contributed by atoms with van der Waals surface area (Å²) in [6.45, 7) is 5.84. The lowest BCUT2D eigenvalue weighted by Crippen LogP contribution is -2.44. The number of para-hydroxylation sites is 1. The lowest BCUT2D eigenvalue weighted by atomic mass is 9.74. The van der Waals surface area contributed by atoms with E-state index in [9.17, 15) is 22.8 Å². The van der Waals surface area contributed by atoms with Gasteiger partial charge in [0.25, 0.3) is 5.91 Å². The number of esters is 1. The lowest BCUT2D eigenvalue weighted by Gasteiger charge is -2.36. The Morgan fingerprint density at radius 1 is 0.977 bits per heavy atom. The third-order valence-electron chi connectivity index (χ3n) is 7.71. The third-order valence-corrected chi connectivity index (χ3v) is 8.20. The molecule has 1 aliphatic rings. The summed E-state index contributed by atoms with van der Waals surface area (Å²) >= 11 is 3.49. The highest BCUT2D eigenvalue weighted by atomic mass is 79.9. The van der Waals surface area contributed by atoms with Gasteiger partial charge in [0.2, 0.25) is 0 Å². The van der Waals surface area contributed by atoms with Gasteiger partial charge in [0, 0.05) is 27.4 Å². The third kappa shape index (κ3) is 7.41. The molecule has 0 radical (unpaired) electrons. The van der Waals surface area contributed by atoms with Crippen LogP contribution in [0.1, 0.15) is 60.5 Å². The van der Waals surface area contributed by atoms with Gasteiger partial charge < -0.3 is 14.8 Å². The van der Waals surface area contributed by atoms with Crippen molar-refractivity contribution in [2.75, 3.05) is 7.11 Å². The Hall–Kier alpha value is -3.92. The first kappa shape index (κ1) is 33.0. The molecule has 0 spiro atoms. The van der Waals surface area contributed by atoms with Crippen LogP contribution in [0.5, 0.6) is 5.75 Å². The number of alkyl halides is 3. The van der Waals surface area contributed by atoms with Gasteiger partial charge in [-0.2, -0.15) is 0 Å². The molecule has 10 heteroatoms. The first-order valence-corrected chi connectivity index (χ1v) is 15.2. The van der Waals surface area contributed by atoms with Gasteiger partial charge in [0.1, 0.15) is 5.75 Å². The Morgan fingerprint density at radius 2 is 1.66 bits per heavy atom. The van der Waals surface area contributed by atoms with Crippen LogP contribution in [0.3, 0.4) is 0 Å². The Balaban J connectivity index is 0.00000216. The molecule has 1 amide bonds. The maximum Gasteiger partial charge on any atom is 0.573 e. The molecule has 4 aromatic rings. The van der Waals surface area contributed by atoms with Gasteiger partial charge >= 0.3 is 12.3 Å². The number of benzene rings is 3. The minimum atomic E-state index is -4.90. The molecule has 0 bridgehead atoms. The number of nitrogens with zero attached hydrogens (tertiary/aromatic N) is 1. The summed E-state index contributed by atoms with van der Waals surface area (Å²) in [6.07, 6.45) is -3.95. The van der Waals surface area contributed by atoms with Gasteiger partial charge in [-0.15, -0.1) is 13.2 Å². The molecule has 44 heavy (non-hydrogen) atoms. The number of pyridine rings is 1. The van der Waals surface area contributed by atoms with Gasteiger partial charge in [-0.05, 0) is 61.6 Å². The van der Waals surface area contributed by atoms with E-state index in [1.807, 2.05) is 69.3 Å². The SMILES string of the molecule is CC.COC(=O)C1CCC(NC(=O)c2c(C)c(-c3ccccc3)nc3ccc(Br)cc23)C(c2ccccc2OC(F)(F)F)C1. The van der Waals surface area contributed by atoms with E-state index in [0.29, 0.717) is 40.6 Å². The molecule has 5 rings (SSSR count). The maximum atomic E-state index is 14.1. The zero-order valence-corrected chi connectivity index (χ0v) is 26.5. The number of methoxy groups -OCH3 is 1. The second kappa shape index (κ2) is 14.2. The van der Waals surface area contributed by atoms with E-state index in [2.05, 4.69) is 26.0 Å². The zero-order valence-electron chi connectivity index (χ0n) is 24.9. The van der Waals surface area contributed by atoms with Crippen LogP contribution >= 0.6 is 15.9 Å². The molecule has 1 N–H and O–H groups in total. The van der Waals surface area contributed by atoms with Crippen LogP contribution in [-0.2, 0) is 9.53 Å². The van der Waals surface area contributed by atoms with Crippen LogP contribution in [0.25, 0.3) is 22.2 Å². The first-order valence-electron chi connectivity index (χ1n) is 14.4. The number of amides is 1. The predicted molar refractivity (Wildman–Crippen MR) is 167 cm³/mol. The van der Waals surface area contributed by atoms with Crippen molar-refractivity contribution in [3.05, 3.63) is 94.0 Å². The number of rotatable bonds is 6. The largest absolute Gasteiger partial charge is 0.573 e. The summed E-state index contributed by atoms with van der Waals surface area (Å²) in [6, 6.07) is 20.3. The van der Waals surface area contributed by atoms with Crippen molar-refractivity contribution < 1.29 is 32.2 Å². The van der Waals surface area contributed by atoms with Crippen LogP contribution in [0.15, 0.2) is 77.3 Å². The van der Waals surface area contributed by atoms with Gasteiger partial charge in [0.05, 0.1) is 29.8 Å². The highest BCUT2D eigenvalue weighted by molar-refractivity contribution is 9.10. The number of hydrogen-bond donors (Lipinski definition) is 1. The maximum absolute atomic E-state index is 14.1. The molecule has 3 aromatic carbocycles. The number of carbonyl (C=O) groups excluding carboxylic acids is 2. The van der Waals surface area contributed by atoms with Crippen LogP contribution in [-0.4, -0.2) is 36.4 Å². The molecule has 3 atom stereocenters. The van der Waals surface area contributed by atoms with Crippen molar-refractivity contribution >= 4 is 38.7 Å². The summed E-state index contributed by atoms with van der Waals surface area (Å²) in [5.74, 6) is -2.35. The summed E-state index contributed by atoms with van der Waals surface area (Å²) < 4.78 is 50.0. The fraction of sp³-hybridized carbons (Fsp3) is 0.324. The van der Waals surface area contributed by atoms with Gasteiger partial charge in [-0.1, -0.05) is 78.3 Å². The van der Waals surface area contributed by atoms with Crippen LogP contribution in [0.2, 0.25) is 0 Å². The molecule has 232 valence electrons. The number of ether oxygens (including phenoxy) is 2. The van der Waals surface area contributed by atoms with E-state index in [0.717, 1.165) is 10.0 Å². The van der Waals surface area contributed by atoms with Gasteiger partial charge in [0.15, 0.2) is 0 Å². The molecule has 1 saturated carbocycles. The second-order valence-electron chi connectivity index (χ2n) is 10.3. The van der Waals surface area contributed by atoms with Crippen molar-refractivity contribution in [2.24, 2.45) is 5.92 Å². The summed E-state index contributed by atoms with van der Waals surface area (Å²) in [5.41, 5.74) is 3.49. The van der Waals surface area contributed by atoms with E-state index in [-0.39, 0.29) is 23.6 Å². The number of carbonyl (C=O) groups is 2. The number of aromatic nitrogens is 1. The lowest BCUT2D eigenvalue weighted by molar-refractivity contribution is -0.275. The van der Waals surface area contributed by atoms with E-state index < -0.39 is 30.2 Å². The Bertz CT molecular complexity index is 1630. The second-order valence-corrected chi connectivity index (χ2v) is 11.2. The quantitative estimate of drug-likeness (QED) is 0.208. The minimum Gasteiger partial charge on any atom is -0.469 e. The number of halogens is 4. The van der Waals surface area contributed by atoms with Crippen molar-refractivity contribution in [1.29, 1.82) is 0 Å². The molecule has 3 unspecified atom stereocenters. The van der Waals surface area contributed by atoms with Crippen molar-refractivity contribution in [3.63, 3.8) is 0 Å². The van der Waals surface area contributed by atoms with E-state index in [4.69, 9.17) is 9.72 Å². The number of nitrogens with one attached hydrogen (secondary N) is 1. The highest BCUT2D eigenvalue weighted by Crippen LogP contribution is 2.42. The fourth-order valence-electron chi connectivity index (χ4n) is 5.81. The highest BCUT2D eigenvalue weighted by Gasteiger charge is 2.40. The van der Waals surface area contributed by atoms with Crippen LogP contribution in [0.4, 0.5) is 13.2 Å². The Kier molecular flexibility index (Phi) is 10.7. The fourth-order valence-corrected chi connectivity index (χ4v) is 6.17. The molecule has 6 nitrogen and oxygen atoms in total. The molecular formula is C34H34BrF3N2O4. The Labute approximate surface area is 263 Å². The van der Waals surface area contributed by atoms with Gasteiger partial charge in [-0.3, -0.25) is 9.59 Å². The van der Waals surface area contributed by atoms with Crippen molar-refractivity contribution in [1.82, 2.24) is 10.3 Å². The molecular weight excluding hydrogens is 637 g/mol. The molecule has 1 fully saturated rings. The summed E-state index contributed by atoms with van der Waals surface area (Å²) in [7, 11) is 1.28. The Morgan fingerprint density at radius 3 is 2.34 bits per heavy atom. The molecule has 1 aromatic heterocycles. The zero-order chi connectivity index (χ0) is 32.0. The summed E-state index contributed by atoms with van der Waals surface area (Å²) in [5, 5.41) is 3.75. The number of fused-ring (bicyclic) bond motifs is 1. The monoisotopic (exact) mass is 670 g/mol. The van der Waals surface area contributed by atoms with E-state index >= 15 is 0 Å². The smallest absolute Gasteiger partial charge is 0.469 e. The molecule has 1 aliphatic carbocycles. The molecule has 1 heterocycles. The van der Waals surface area contributed by atoms with E-state index in [1.165, 1.54) is 19.2 Å². The van der Waals surface area contributed by atoms with Crippen LogP contribution < -0.4 is 10.1 Å². The molecule has 0 saturated heterocycles. The standard InChI is InChI=1S/C32H28BrF3N2O4.C2H6/c1-18-28(24-17-21(33)13-15-26(24)37-29(18)19-8-4-3-5-9-19)30(39)38-25-14-12-20(31(40)41-2)16-23(25)22-10-6-7-11-27(22)42-32(34,35)36;1-2/h3-11,13,15,17,20,23,25H,12,14,16H2,1-2H3,(H,38,39);1-2H3. The minimum absolute atomic E-state index is 0.187. The number of hydrogen-bond acceptors (Lipinski definition) is 5. The van der Waals surface area contributed by atoms with Crippen LogP contribution in [0, 0.1) is 12.8 Å². The van der Waals surface area contributed by atoms with E-state index in [1.54, 1.807) is 12.1 Å². The van der Waals surface area contributed by atoms with Crippen molar-refractivity contribution in [3.8, 4) is 17.0 Å². The average Bonchev–Trinajstić information content (AvgIpc) is 3.01. The summed E-state index contributed by atoms with van der Waals surface area (Å²) in [4.78, 5) is 31.5. The van der Waals surface area contributed by atoms with Gasteiger partial charge in [-0.25, -0.2) is 4.98 Å². The topological polar surface area (TPSA) is 77.5 Å². The normalized spacial score (nSPS) is 18.1.